The van der Waals surface area contributed by atoms with Crippen LogP contribution in [0.25, 0.3) is 21.8 Å². The summed E-state index contributed by atoms with van der Waals surface area (Å²) < 4.78 is 11.5. The Bertz CT molecular complexity index is 1510. The lowest BCUT2D eigenvalue weighted by Crippen LogP contribution is -2.37. The van der Waals surface area contributed by atoms with Crippen molar-refractivity contribution < 1.29 is 14.6 Å². The molecule has 1 fully saturated rings. The molecule has 1 aliphatic heterocycles. The van der Waals surface area contributed by atoms with Crippen molar-refractivity contribution in [3.63, 3.8) is 0 Å². The zero-order chi connectivity index (χ0) is 25.0. The molecular weight excluding hydrogens is 466 g/mol. The van der Waals surface area contributed by atoms with Crippen LogP contribution < -0.4 is 9.64 Å². The van der Waals surface area contributed by atoms with E-state index in [4.69, 9.17) is 14.5 Å². The van der Waals surface area contributed by atoms with Crippen LogP contribution in [0, 0.1) is 0 Å². The number of aliphatic hydroxyl groups is 1. The van der Waals surface area contributed by atoms with Crippen molar-refractivity contribution in [2.75, 3.05) is 37.8 Å². The number of morpholine rings is 1. The first kappa shape index (κ1) is 23.4. The van der Waals surface area contributed by atoms with E-state index in [1.807, 2.05) is 30.3 Å². The predicted molar refractivity (Wildman–Crippen MR) is 143 cm³/mol. The molecule has 3 heterocycles. The summed E-state index contributed by atoms with van der Waals surface area (Å²) in [4.78, 5) is 19.7. The molecule has 188 valence electrons. The van der Waals surface area contributed by atoms with Crippen molar-refractivity contribution in [1.82, 2.24) is 19.9 Å². The van der Waals surface area contributed by atoms with Crippen molar-refractivity contribution in [3.05, 3.63) is 89.2 Å². The molecule has 0 atom stereocenters. The molecule has 37 heavy (non-hydrogen) atoms. The van der Waals surface area contributed by atoms with Crippen LogP contribution in [-0.2, 0) is 24.2 Å². The molecule has 0 radical (unpaired) electrons. The maximum atomic E-state index is 9.25. The molecule has 3 aromatic carbocycles. The van der Waals surface area contributed by atoms with E-state index in [9.17, 15) is 5.11 Å². The number of hydrogen-bond donors (Lipinski definition) is 2. The molecule has 2 aromatic heterocycles. The molecule has 0 saturated carbocycles. The van der Waals surface area contributed by atoms with Gasteiger partial charge in [-0.3, -0.25) is 0 Å². The Labute approximate surface area is 214 Å². The normalized spacial score (nSPS) is 13.9. The number of rotatable bonds is 8. The summed E-state index contributed by atoms with van der Waals surface area (Å²) in [6, 6.07) is 23.0. The van der Waals surface area contributed by atoms with Gasteiger partial charge < -0.3 is 24.5 Å². The summed E-state index contributed by atoms with van der Waals surface area (Å²) in [7, 11) is 0. The molecule has 0 unspecified atom stereocenters. The Morgan fingerprint density at radius 3 is 2.43 bits per heavy atom. The standard InChI is InChI=1S/C29H29N5O3/c35-19-21-7-5-20(6-8-21)11-14-37-29-32-27(31-28(33-29)34-12-15-36-16-13-34)18-22-9-10-26-24(17-22)23-3-1-2-4-25(23)30-26/h1-10,17,30,35H,11-16,18-19H2. The van der Waals surface area contributed by atoms with E-state index in [2.05, 4.69) is 56.3 Å². The lowest BCUT2D eigenvalue weighted by atomic mass is 10.1. The Balaban J connectivity index is 1.24. The van der Waals surface area contributed by atoms with Crippen LogP contribution >= 0.6 is 0 Å². The van der Waals surface area contributed by atoms with Crippen molar-refractivity contribution >= 4 is 27.8 Å². The first-order valence-electron chi connectivity index (χ1n) is 12.6. The number of hydrogen-bond acceptors (Lipinski definition) is 7. The minimum absolute atomic E-state index is 0.0436. The van der Waals surface area contributed by atoms with E-state index in [-0.39, 0.29) is 6.61 Å². The number of benzene rings is 3. The first-order chi connectivity index (χ1) is 18.2. The molecule has 0 spiro atoms. The fraction of sp³-hybridized carbons (Fsp3) is 0.276. The molecule has 8 nitrogen and oxygen atoms in total. The van der Waals surface area contributed by atoms with Crippen LogP contribution in [-0.4, -0.2) is 58.0 Å². The number of aromatic nitrogens is 4. The monoisotopic (exact) mass is 495 g/mol. The van der Waals surface area contributed by atoms with Gasteiger partial charge in [0.25, 0.3) is 0 Å². The van der Waals surface area contributed by atoms with E-state index in [1.54, 1.807) is 0 Å². The number of aromatic amines is 1. The predicted octanol–water partition coefficient (Wildman–Crippen LogP) is 4.05. The lowest BCUT2D eigenvalue weighted by molar-refractivity contribution is 0.122. The topological polar surface area (TPSA) is 96.4 Å². The van der Waals surface area contributed by atoms with Gasteiger partial charge in [0.05, 0.1) is 26.4 Å². The van der Waals surface area contributed by atoms with Gasteiger partial charge in [0, 0.05) is 47.7 Å². The SMILES string of the molecule is OCc1ccc(CCOc2nc(Cc3ccc4[nH]c5ccccc5c4c3)nc(N3CCOCC3)n2)cc1. The highest BCUT2D eigenvalue weighted by Crippen LogP contribution is 2.27. The van der Waals surface area contributed by atoms with Crippen LogP contribution in [0.2, 0.25) is 0 Å². The second-order valence-corrected chi connectivity index (χ2v) is 9.23. The van der Waals surface area contributed by atoms with E-state index in [1.165, 1.54) is 10.8 Å². The Hall–Kier alpha value is -4.01. The molecule has 6 rings (SSSR count). The molecule has 1 saturated heterocycles. The van der Waals surface area contributed by atoms with Gasteiger partial charge in [-0.25, -0.2) is 0 Å². The minimum Gasteiger partial charge on any atom is -0.463 e. The first-order valence-corrected chi connectivity index (χ1v) is 12.6. The number of H-pyrrole nitrogens is 1. The number of para-hydroxylation sites is 1. The molecule has 2 N–H and O–H groups in total. The quantitative estimate of drug-likeness (QED) is 0.335. The molecule has 0 aliphatic carbocycles. The number of aliphatic hydroxyl groups excluding tert-OH is 1. The molecule has 1 aliphatic rings. The zero-order valence-corrected chi connectivity index (χ0v) is 20.6. The van der Waals surface area contributed by atoms with Gasteiger partial charge in [-0.2, -0.15) is 15.0 Å². The summed E-state index contributed by atoms with van der Waals surface area (Å²) in [5.41, 5.74) is 5.41. The van der Waals surface area contributed by atoms with Crippen LogP contribution in [0.3, 0.4) is 0 Å². The number of nitrogens with zero attached hydrogens (tertiary/aromatic N) is 4. The third-order valence-corrected chi connectivity index (χ3v) is 6.70. The van der Waals surface area contributed by atoms with E-state index in [0.717, 1.165) is 47.2 Å². The second-order valence-electron chi connectivity index (χ2n) is 9.23. The number of fused-ring (bicyclic) bond motifs is 3. The van der Waals surface area contributed by atoms with E-state index >= 15 is 0 Å². The largest absolute Gasteiger partial charge is 0.463 e. The smallest absolute Gasteiger partial charge is 0.321 e. The Morgan fingerprint density at radius 1 is 0.838 bits per heavy atom. The highest BCUT2D eigenvalue weighted by atomic mass is 16.5. The van der Waals surface area contributed by atoms with Crippen LogP contribution in [0.1, 0.15) is 22.5 Å². The fourth-order valence-electron chi connectivity index (χ4n) is 4.69. The van der Waals surface area contributed by atoms with Gasteiger partial charge in [-0.1, -0.05) is 48.5 Å². The molecule has 0 amide bonds. The maximum Gasteiger partial charge on any atom is 0.321 e. The third-order valence-electron chi connectivity index (χ3n) is 6.70. The van der Waals surface area contributed by atoms with Crippen molar-refractivity contribution in [1.29, 1.82) is 0 Å². The van der Waals surface area contributed by atoms with Gasteiger partial charge in [0.1, 0.15) is 5.82 Å². The van der Waals surface area contributed by atoms with Crippen LogP contribution in [0.4, 0.5) is 5.95 Å². The van der Waals surface area contributed by atoms with Gasteiger partial charge in [0.15, 0.2) is 0 Å². The van der Waals surface area contributed by atoms with Crippen molar-refractivity contribution in [2.45, 2.75) is 19.4 Å². The Kier molecular flexibility index (Phi) is 6.66. The zero-order valence-electron chi connectivity index (χ0n) is 20.6. The average molecular weight is 496 g/mol. The highest BCUT2D eigenvalue weighted by molar-refractivity contribution is 6.07. The molecule has 5 aromatic rings. The Morgan fingerprint density at radius 2 is 1.59 bits per heavy atom. The molecule has 0 bridgehead atoms. The fourth-order valence-corrected chi connectivity index (χ4v) is 4.69. The van der Waals surface area contributed by atoms with Crippen molar-refractivity contribution in [3.8, 4) is 6.01 Å². The number of ether oxygens (including phenoxy) is 2. The summed E-state index contributed by atoms with van der Waals surface area (Å²) >= 11 is 0. The second kappa shape index (κ2) is 10.5. The summed E-state index contributed by atoms with van der Waals surface area (Å²) in [5.74, 6) is 1.31. The maximum absolute atomic E-state index is 9.25. The molecular formula is C29H29N5O3. The third kappa shape index (κ3) is 5.26. The summed E-state index contributed by atoms with van der Waals surface area (Å²) in [5, 5.41) is 11.6. The van der Waals surface area contributed by atoms with E-state index < -0.39 is 0 Å². The van der Waals surface area contributed by atoms with Crippen molar-refractivity contribution in [2.24, 2.45) is 0 Å². The number of anilines is 1. The highest BCUT2D eigenvalue weighted by Gasteiger charge is 2.18. The van der Waals surface area contributed by atoms with Crippen LogP contribution in [0.5, 0.6) is 6.01 Å². The van der Waals surface area contributed by atoms with Crippen LogP contribution in [0.15, 0.2) is 66.7 Å². The number of nitrogens with one attached hydrogen (secondary N) is 1. The van der Waals surface area contributed by atoms with Gasteiger partial charge in [-0.05, 0) is 34.9 Å². The lowest BCUT2D eigenvalue weighted by Gasteiger charge is -2.27. The average Bonchev–Trinajstić information content (AvgIpc) is 3.32. The summed E-state index contributed by atoms with van der Waals surface area (Å²) in [6.45, 7) is 3.27. The van der Waals surface area contributed by atoms with Gasteiger partial charge >= 0.3 is 6.01 Å². The summed E-state index contributed by atoms with van der Waals surface area (Å²) in [6.07, 6.45) is 1.30. The van der Waals surface area contributed by atoms with E-state index in [0.29, 0.717) is 44.0 Å². The minimum atomic E-state index is 0.0436. The van der Waals surface area contributed by atoms with Gasteiger partial charge in [-0.15, -0.1) is 0 Å². The van der Waals surface area contributed by atoms with Gasteiger partial charge in [0.2, 0.25) is 5.95 Å². The molecule has 8 heteroatoms.